The monoisotopic (exact) mass is 649 g/mol. The molecule has 0 spiro atoms. The summed E-state index contributed by atoms with van der Waals surface area (Å²) in [5.74, 6) is -1.41. The lowest BCUT2D eigenvalue weighted by atomic mass is 10.2. The van der Waals surface area contributed by atoms with E-state index >= 15 is 0 Å². The van der Waals surface area contributed by atoms with Gasteiger partial charge in [-0.15, -0.1) is 0 Å². The molecule has 12 heteroatoms. The van der Waals surface area contributed by atoms with Crippen LogP contribution >= 0.6 is 0 Å². The Bertz CT molecular complexity index is 1440. The minimum atomic E-state index is -0.771. The number of amides is 1. The number of benzene rings is 2. The average molecular weight is 650 g/mol. The predicted octanol–water partition coefficient (Wildman–Crippen LogP) is 6.02. The standard InChI is InChI=1S/C33H33NO11.C2H6/c1-5-26(44-32(38)25-10-15-27(16-11-25)40-20-8-21-41-29(35)6-2)14-9-23(4)43-31(37)24-12-17-28(18-13-24)45-33(39)34-19-22-42-30(36)7-3;1-2/h5-7,9-18H,1-3,8,19-22H2,4H3,(H,34,39);1-2H3/b23-9+,26-14+;. The number of rotatable bonds is 17. The second-order valence-electron chi connectivity index (χ2n) is 8.64. The van der Waals surface area contributed by atoms with Gasteiger partial charge in [0.15, 0.2) is 0 Å². The van der Waals surface area contributed by atoms with Gasteiger partial charge >= 0.3 is 30.0 Å². The highest BCUT2D eigenvalue weighted by atomic mass is 16.6. The summed E-state index contributed by atoms with van der Waals surface area (Å²) < 4.78 is 30.9. The normalized spacial score (nSPS) is 10.5. The molecular weight excluding hydrogens is 610 g/mol. The van der Waals surface area contributed by atoms with Crippen LogP contribution in [0, 0.1) is 0 Å². The quantitative estimate of drug-likeness (QED) is 0.0535. The highest BCUT2D eigenvalue weighted by molar-refractivity contribution is 5.91. The number of ether oxygens (including phenoxy) is 6. The van der Waals surface area contributed by atoms with Gasteiger partial charge in [0.25, 0.3) is 0 Å². The maximum Gasteiger partial charge on any atom is 0.412 e. The molecule has 1 N–H and O–H groups in total. The van der Waals surface area contributed by atoms with E-state index in [-0.39, 0.29) is 48.2 Å². The van der Waals surface area contributed by atoms with E-state index in [2.05, 4.69) is 25.1 Å². The van der Waals surface area contributed by atoms with Crippen LogP contribution in [0.4, 0.5) is 4.79 Å². The molecule has 0 aliphatic heterocycles. The fourth-order valence-electron chi connectivity index (χ4n) is 3.08. The van der Waals surface area contributed by atoms with Crippen molar-refractivity contribution in [3.05, 3.63) is 121 Å². The molecular formula is C35H39NO11. The zero-order chi connectivity index (χ0) is 35.0. The molecule has 0 radical (unpaired) electrons. The molecule has 2 rings (SSSR count). The summed E-state index contributed by atoms with van der Waals surface area (Å²) in [6.45, 7) is 16.2. The fourth-order valence-corrected chi connectivity index (χ4v) is 3.08. The van der Waals surface area contributed by atoms with Crippen molar-refractivity contribution in [2.75, 3.05) is 26.4 Å². The molecule has 12 nitrogen and oxygen atoms in total. The van der Waals surface area contributed by atoms with Crippen LogP contribution in [0.5, 0.6) is 11.5 Å². The molecule has 0 heterocycles. The van der Waals surface area contributed by atoms with Crippen molar-refractivity contribution in [2.24, 2.45) is 0 Å². The minimum absolute atomic E-state index is 0.0402. The smallest absolute Gasteiger partial charge is 0.412 e. The van der Waals surface area contributed by atoms with E-state index in [1.54, 1.807) is 12.1 Å². The van der Waals surface area contributed by atoms with Gasteiger partial charge in [-0.05, 0) is 73.7 Å². The first-order valence-corrected chi connectivity index (χ1v) is 14.5. The molecule has 0 saturated carbocycles. The molecule has 0 aliphatic rings. The Labute approximate surface area is 273 Å². The van der Waals surface area contributed by atoms with E-state index in [9.17, 15) is 24.0 Å². The van der Waals surface area contributed by atoms with Gasteiger partial charge in [-0.2, -0.15) is 0 Å². The zero-order valence-electron chi connectivity index (χ0n) is 26.7. The second kappa shape index (κ2) is 22.6. The highest BCUT2D eigenvalue weighted by Crippen LogP contribution is 2.16. The molecule has 0 saturated heterocycles. The summed E-state index contributed by atoms with van der Waals surface area (Å²) in [6, 6.07) is 11.9. The van der Waals surface area contributed by atoms with Gasteiger partial charge in [0.1, 0.15) is 29.6 Å². The Morgan fingerprint density at radius 1 is 0.681 bits per heavy atom. The molecule has 0 aliphatic carbocycles. The largest absolute Gasteiger partial charge is 0.493 e. The van der Waals surface area contributed by atoms with Gasteiger partial charge in [0.05, 0.1) is 30.9 Å². The van der Waals surface area contributed by atoms with Crippen molar-refractivity contribution >= 4 is 30.0 Å². The topological polar surface area (TPSA) is 153 Å². The minimum Gasteiger partial charge on any atom is -0.493 e. The maximum absolute atomic E-state index is 12.5. The molecule has 47 heavy (non-hydrogen) atoms. The molecule has 0 aromatic heterocycles. The van der Waals surface area contributed by atoms with Crippen LogP contribution in [-0.4, -0.2) is 56.3 Å². The summed E-state index contributed by atoms with van der Waals surface area (Å²) in [7, 11) is 0. The fraction of sp³-hybridized carbons (Fsp3) is 0.229. The van der Waals surface area contributed by atoms with Crippen LogP contribution in [-0.2, 0) is 28.5 Å². The van der Waals surface area contributed by atoms with Gasteiger partial charge in [0, 0.05) is 18.6 Å². The lowest BCUT2D eigenvalue weighted by Gasteiger charge is -2.08. The van der Waals surface area contributed by atoms with E-state index in [1.807, 2.05) is 13.8 Å². The SMILES string of the molecule is C=CC(=O)OCCCOc1ccc(C(=O)O/C(C=C)=C/C=C(\C)OC(=O)c2ccc(OC(=O)NCCOC(=O)C=C)cc2)cc1.CC. The zero-order valence-corrected chi connectivity index (χ0v) is 26.7. The molecule has 0 atom stereocenters. The third-order valence-corrected chi connectivity index (χ3v) is 5.29. The van der Waals surface area contributed by atoms with Gasteiger partial charge in [-0.1, -0.05) is 33.6 Å². The Kier molecular flexibility index (Phi) is 18.8. The summed E-state index contributed by atoms with van der Waals surface area (Å²) in [6.07, 6.45) is 5.98. The third-order valence-electron chi connectivity index (χ3n) is 5.29. The molecule has 2 aromatic carbocycles. The van der Waals surface area contributed by atoms with Crippen LogP contribution in [0.25, 0.3) is 0 Å². The van der Waals surface area contributed by atoms with E-state index in [1.165, 1.54) is 61.5 Å². The van der Waals surface area contributed by atoms with Crippen molar-refractivity contribution < 1.29 is 52.4 Å². The molecule has 0 unspecified atom stereocenters. The van der Waals surface area contributed by atoms with Crippen LogP contribution in [0.3, 0.4) is 0 Å². The lowest BCUT2D eigenvalue weighted by molar-refractivity contribution is -0.138. The van der Waals surface area contributed by atoms with Crippen molar-refractivity contribution in [1.29, 1.82) is 0 Å². The number of carbonyl (C=O) groups is 5. The van der Waals surface area contributed by atoms with Crippen LogP contribution < -0.4 is 14.8 Å². The Morgan fingerprint density at radius 3 is 1.77 bits per heavy atom. The molecule has 250 valence electrons. The molecule has 2 aromatic rings. The predicted molar refractivity (Wildman–Crippen MR) is 174 cm³/mol. The lowest BCUT2D eigenvalue weighted by Crippen LogP contribution is -2.30. The average Bonchev–Trinajstić information content (AvgIpc) is 3.09. The number of hydrogen-bond donors (Lipinski definition) is 1. The Morgan fingerprint density at radius 2 is 1.21 bits per heavy atom. The van der Waals surface area contributed by atoms with Gasteiger partial charge in [-0.3, -0.25) is 0 Å². The third kappa shape index (κ3) is 16.1. The van der Waals surface area contributed by atoms with Crippen molar-refractivity contribution in [1.82, 2.24) is 5.32 Å². The highest BCUT2D eigenvalue weighted by Gasteiger charge is 2.12. The number of hydrogen-bond acceptors (Lipinski definition) is 11. The summed E-state index contributed by atoms with van der Waals surface area (Å²) in [4.78, 5) is 58.8. The van der Waals surface area contributed by atoms with Crippen LogP contribution in [0.1, 0.15) is 47.9 Å². The molecule has 1 amide bonds. The summed E-state index contributed by atoms with van der Waals surface area (Å²) in [5.41, 5.74) is 0.454. The first-order chi connectivity index (χ1) is 22.6. The molecule has 0 fully saturated rings. The molecule has 0 bridgehead atoms. The van der Waals surface area contributed by atoms with Crippen molar-refractivity contribution in [3.63, 3.8) is 0 Å². The number of nitrogens with one attached hydrogen (secondary N) is 1. The number of esters is 4. The van der Waals surface area contributed by atoms with E-state index in [4.69, 9.17) is 28.4 Å². The van der Waals surface area contributed by atoms with Gasteiger partial charge < -0.3 is 33.7 Å². The van der Waals surface area contributed by atoms with Gasteiger partial charge in [0.2, 0.25) is 0 Å². The van der Waals surface area contributed by atoms with Crippen LogP contribution in [0.2, 0.25) is 0 Å². The summed E-state index contributed by atoms with van der Waals surface area (Å²) >= 11 is 0. The number of allylic oxidation sites excluding steroid dienone is 4. The maximum atomic E-state index is 12.5. The number of carbonyl (C=O) groups excluding carboxylic acids is 5. The van der Waals surface area contributed by atoms with Crippen LogP contribution in [0.15, 0.2) is 110 Å². The van der Waals surface area contributed by atoms with Crippen molar-refractivity contribution in [2.45, 2.75) is 27.2 Å². The summed E-state index contributed by atoms with van der Waals surface area (Å²) in [5, 5.41) is 2.41. The Balaban J connectivity index is 0.00000541. The first kappa shape index (κ1) is 39.1. The van der Waals surface area contributed by atoms with E-state index in [0.29, 0.717) is 18.8 Å². The van der Waals surface area contributed by atoms with Gasteiger partial charge in [-0.25, -0.2) is 24.0 Å². The first-order valence-electron chi connectivity index (χ1n) is 14.5. The van der Waals surface area contributed by atoms with Crippen molar-refractivity contribution in [3.8, 4) is 11.5 Å². The Hall–Kier alpha value is -5.91. The van der Waals surface area contributed by atoms with E-state index in [0.717, 1.165) is 12.2 Å². The van der Waals surface area contributed by atoms with E-state index < -0.39 is 30.0 Å². The second-order valence-corrected chi connectivity index (χ2v) is 8.64.